The highest BCUT2D eigenvalue weighted by Gasteiger charge is 2.22. The van der Waals surface area contributed by atoms with Crippen molar-refractivity contribution in [2.45, 2.75) is 116 Å². The fourth-order valence-electron chi connectivity index (χ4n) is 2.85. The van der Waals surface area contributed by atoms with Gasteiger partial charge in [-0.15, -0.1) is 0 Å². The predicted octanol–water partition coefficient (Wildman–Crippen LogP) is 4.84. The zero-order valence-corrected chi connectivity index (χ0v) is 16.2. The summed E-state index contributed by atoms with van der Waals surface area (Å²) in [6.45, 7) is 4.30. The first-order valence-electron chi connectivity index (χ1n) is 10.1. The number of aliphatic hydroxyl groups excluding tert-OH is 1. The van der Waals surface area contributed by atoms with E-state index < -0.39 is 24.1 Å². The monoisotopic (exact) mass is 358 g/mol. The smallest absolute Gasteiger partial charge is 0.335 e. The van der Waals surface area contributed by atoms with E-state index in [4.69, 9.17) is 9.84 Å². The number of carboxylic acid groups (broad SMARTS) is 1. The lowest BCUT2D eigenvalue weighted by molar-refractivity contribution is -0.162. The zero-order valence-electron chi connectivity index (χ0n) is 16.2. The quantitative estimate of drug-likeness (QED) is 0.287. The lowest BCUT2D eigenvalue weighted by Crippen LogP contribution is -2.29. The molecular weight excluding hydrogens is 320 g/mol. The maximum Gasteiger partial charge on any atom is 0.335 e. The molecule has 0 aromatic carbocycles. The summed E-state index contributed by atoms with van der Waals surface area (Å²) >= 11 is 0. The van der Waals surface area contributed by atoms with Crippen LogP contribution in [0.25, 0.3) is 0 Å². The summed E-state index contributed by atoms with van der Waals surface area (Å²) in [6.07, 6.45) is 10.8. The number of hydrogen-bond acceptors (Lipinski definition) is 4. The highest BCUT2D eigenvalue weighted by atomic mass is 16.6. The van der Waals surface area contributed by atoms with E-state index in [9.17, 15) is 14.7 Å². The number of carboxylic acids is 1. The number of aliphatic hydroxyl groups is 1. The summed E-state index contributed by atoms with van der Waals surface area (Å²) in [5.41, 5.74) is 0. The lowest BCUT2D eigenvalue weighted by atomic mass is 10.1. The average molecular weight is 359 g/mol. The van der Waals surface area contributed by atoms with Crippen LogP contribution in [0.3, 0.4) is 0 Å². The topological polar surface area (TPSA) is 83.8 Å². The number of unbranched alkanes of at least 4 members (excludes halogenated alkanes) is 9. The number of hydrogen-bond donors (Lipinski definition) is 2. The molecule has 2 N–H and O–H groups in total. The van der Waals surface area contributed by atoms with Gasteiger partial charge in [-0.1, -0.05) is 78.1 Å². The van der Waals surface area contributed by atoms with Gasteiger partial charge in [0.2, 0.25) is 0 Å². The van der Waals surface area contributed by atoms with Crippen molar-refractivity contribution in [3.05, 3.63) is 0 Å². The van der Waals surface area contributed by atoms with Gasteiger partial charge in [-0.25, -0.2) is 4.79 Å². The molecule has 25 heavy (non-hydrogen) atoms. The SMILES string of the molecule is CCCCCCCCC(O)C(=O)OC(CCCCCCC)CC(=O)O. The van der Waals surface area contributed by atoms with Crippen LogP contribution in [0.1, 0.15) is 104 Å². The highest BCUT2D eigenvalue weighted by molar-refractivity contribution is 5.75. The maximum absolute atomic E-state index is 12.0. The summed E-state index contributed by atoms with van der Waals surface area (Å²) in [4.78, 5) is 22.9. The molecule has 0 fully saturated rings. The van der Waals surface area contributed by atoms with E-state index in [1.54, 1.807) is 0 Å². The van der Waals surface area contributed by atoms with Gasteiger partial charge in [-0.2, -0.15) is 0 Å². The third-order valence-corrected chi connectivity index (χ3v) is 4.42. The number of carbonyl (C=O) groups excluding carboxylic acids is 1. The number of ether oxygens (including phenoxy) is 1. The van der Waals surface area contributed by atoms with Gasteiger partial charge < -0.3 is 14.9 Å². The Labute approximate surface area is 153 Å². The van der Waals surface area contributed by atoms with Crippen molar-refractivity contribution in [3.8, 4) is 0 Å². The number of aliphatic carboxylic acids is 1. The maximum atomic E-state index is 12.0. The molecule has 2 atom stereocenters. The molecule has 5 heteroatoms. The molecule has 0 amide bonds. The van der Waals surface area contributed by atoms with Crippen molar-refractivity contribution in [2.24, 2.45) is 0 Å². The van der Waals surface area contributed by atoms with E-state index >= 15 is 0 Å². The van der Waals surface area contributed by atoms with Crippen molar-refractivity contribution in [2.75, 3.05) is 0 Å². The largest absolute Gasteiger partial charge is 0.481 e. The molecule has 0 spiro atoms. The first-order valence-corrected chi connectivity index (χ1v) is 10.1. The van der Waals surface area contributed by atoms with Crippen LogP contribution in [0.2, 0.25) is 0 Å². The minimum absolute atomic E-state index is 0.191. The molecular formula is C20H38O5. The molecule has 148 valence electrons. The summed E-state index contributed by atoms with van der Waals surface area (Å²) < 4.78 is 5.26. The Morgan fingerprint density at radius 1 is 0.800 bits per heavy atom. The van der Waals surface area contributed by atoms with Gasteiger partial charge in [-0.3, -0.25) is 4.79 Å². The van der Waals surface area contributed by atoms with Gasteiger partial charge in [0.15, 0.2) is 6.10 Å². The first kappa shape index (κ1) is 23.9. The minimum Gasteiger partial charge on any atom is -0.481 e. The summed E-state index contributed by atoms with van der Waals surface area (Å²) in [6, 6.07) is 0. The Bertz CT molecular complexity index is 343. The van der Waals surface area contributed by atoms with Gasteiger partial charge >= 0.3 is 11.9 Å². The van der Waals surface area contributed by atoms with Crippen LogP contribution < -0.4 is 0 Å². The van der Waals surface area contributed by atoms with E-state index in [0.29, 0.717) is 12.8 Å². The van der Waals surface area contributed by atoms with Crippen LogP contribution >= 0.6 is 0 Å². The molecule has 0 aromatic heterocycles. The van der Waals surface area contributed by atoms with Crippen LogP contribution in [0, 0.1) is 0 Å². The molecule has 0 aromatic rings. The summed E-state index contributed by atoms with van der Waals surface area (Å²) in [5.74, 6) is -1.65. The Hall–Kier alpha value is -1.10. The van der Waals surface area contributed by atoms with Crippen LogP contribution in [-0.4, -0.2) is 34.4 Å². The van der Waals surface area contributed by atoms with Crippen molar-refractivity contribution < 1.29 is 24.5 Å². The molecule has 0 rings (SSSR count). The second kappa shape index (κ2) is 16.4. The van der Waals surface area contributed by atoms with E-state index in [0.717, 1.165) is 44.9 Å². The Morgan fingerprint density at radius 3 is 1.80 bits per heavy atom. The van der Waals surface area contributed by atoms with Gasteiger partial charge in [0, 0.05) is 0 Å². The minimum atomic E-state index is -1.14. The zero-order chi connectivity index (χ0) is 18.9. The third-order valence-electron chi connectivity index (χ3n) is 4.42. The number of esters is 1. The van der Waals surface area contributed by atoms with E-state index in [-0.39, 0.29) is 6.42 Å². The van der Waals surface area contributed by atoms with Crippen LogP contribution in [0.5, 0.6) is 0 Å². The second-order valence-corrected chi connectivity index (χ2v) is 6.93. The van der Waals surface area contributed by atoms with Gasteiger partial charge in [0.25, 0.3) is 0 Å². The number of rotatable bonds is 17. The van der Waals surface area contributed by atoms with Gasteiger partial charge in [-0.05, 0) is 19.3 Å². The normalized spacial score (nSPS) is 13.4. The highest BCUT2D eigenvalue weighted by Crippen LogP contribution is 2.15. The number of carbonyl (C=O) groups is 2. The van der Waals surface area contributed by atoms with Crippen molar-refractivity contribution in [3.63, 3.8) is 0 Å². The fraction of sp³-hybridized carbons (Fsp3) is 0.900. The van der Waals surface area contributed by atoms with E-state index in [2.05, 4.69) is 13.8 Å². The molecule has 0 bridgehead atoms. The molecule has 2 unspecified atom stereocenters. The second-order valence-electron chi connectivity index (χ2n) is 6.93. The van der Waals surface area contributed by atoms with Crippen LogP contribution in [-0.2, 0) is 14.3 Å². The molecule has 5 nitrogen and oxygen atoms in total. The average Bonchev–Trinajstić information content (AvgIpc) is 2.56. The van der Waals surface area contributed by atoms with E-state index in [1.807, 2.05) is 0 Å². The molecule has 0 radical (unpaired) electrons. The summed E-state index contributed by atoms with van der Waals surface area (Å²) in [5, 5.41) is 18.9. The molecule has 0 aliphatic heterocycles. The van der Waals surface area contributed by atoms with E-state index in [1.165, 1.54) is 25.7 Å². The van der Waals surface area contributed by atoms with Crippen molar-refractivity contribution in [1.82, 2.24) is 0 Å². The molecule has 0 saturated heterocycles. The Kier molecular flexibility index (Phi) is 15.7. The van der Waals surface area contributed by atoms with Gasteiger partial charge in [0.1, 0.15) is 6.10 Å². The molecule has 0 aliphatic carbocycles. The Balaban J connectivity index is 4.06. The fourth-order valence-corrected chi connectivity index (χ4v) is 2.85. The standard InChI is InChI=1S/C20H38O5/c1-3-5-7-9-11-13-15-18(21)20(24)25-17(16-19(22)23)14-12-10-8-6-4-2/h17-18,21H,3-16H2,1-2H3,(H,22,23). The molecule has 0 aliphatic rings. The Morgan fingerprint density at radius 2 is 1.28 bits per heavy atom. The van der Waals surface area contributed by atoms with Gasteiger partial charge in [0.05, 0.1) is 6.42 Å². The van der Waals surface area contributed by atoms with Crippen molar-refractivity contribution >= 4 is 11.9 Å². The first-order chi connectivity index (χ1) is 12.0. The van der Waals surface area contributed by atoms with Crippen molar-refractivity contribution in [1.29, 1.82) is 0 Å². The third kappa shape index (κ3) is 14.9. The predicted molar refractivity (Wildman–Crippen MR) is 99.5 cm³/mol. The molecule has 0 heterocycles. The molecule has 0 saturated carbocycles. The summed E-state index contributed by atoms with van der Waals surface area (Å²) in [7, 11) is 0. The van der Waals surface area contributed by atoms with Crippen LogP contribution in [0.15, 0.2) is 0 Å². The lowest BCUT2D eigenvalue weighted by Gasteiger charge is -2.18. The van der Waals surface area contributed by atoms with Crippen LogP contribution in [0.4, 0.5) is 0 Å².